The van der Waals surface area contributed by atoms with E-state index < -0.39 is 5.79 Å². The van der Waals surface area contributed by atoms with Crippen LogP contribution in [0.25, 0.3) is 0 Å². The van der Waals surface area contributed by atoms with Gasteiger partial charge in [0, 0.05) is 31.7 Å². The Labute approximate surface area is 130 Å². The summed E-state index contributed by atoms with van der Waals surface area (Å²) in [5, 5.41) is 5.60. The fourth-order valence-electron chi connectivity index (χ4n) is 2.97. The Hall–Kier alpha value is -1.95. The van der Waals surface area contributed by atoms with Crippen molar-refractivity contribution < 1.29 is 19.0 Å². The van der Waals surface area contributed by atoms with E-state index in [1.54, 1.807) is 7.11 Å². The van der Waals surface area contributed by atoms with Crippen LogP contribution in [-0.4, -0.2) is 31.6 Å². The molecule has 0 bridgehead atoms. The first-order valence-electron chi connectivity index (χ1n) is 7.69. The second-order valence-corrected chi connectivity index (χ2v) is 5.94. The first-order valence-corrected chi connectivity index (χ1v) is 7.69. The van der Waals surface area contributed by atoms with Crippen LogP contribution in [0.4, 0.5) is 10.5 Å². The Kier molecular flexibility index (Phi) is 4.11. The molecule has 6 nitrogen and oxygen atoms in total. The quantitative estimate of drug-likeness (QED) is 0.897. The van der Waals surface area contributed by atoms with Gasteiger partial charge in [0.1, 0.15) is 0 Å². The Bertz CT molecular complexity index is 555. The van der Waals surface area contributed by atoms with Crippen LogP contribution in [0.1, 0.15) is 32.6 Å². The summed E-state index contributed by atoms with van der Waals surface area (Å²) in [7, 11) is 1.60. The van der Waals surface area contributed by atoms with E-state index in [1.165, 1.54) is 0 Å². The number of anilines is 1. The van der Waals surface area contributed by atoms with Gasteiger partial charge in [-0.15, -0.1) is 0 Å². The van der Waals surface area contributed by atoms with Crippen LogP contribution in [0.15, 0.2) is 18.2 Å². The highest BCUT2D eigenvalue weighted by Crippen LogP contribution is 2.47. The standard InChI is InChI=1S/C16H22N2O4/c1-11(10-20-2)17-15(19)18-12-5-6-13-14(9-12)22-16(21-13)7-3-4-8-16/h5-6,9,11H,3-4,7-8,10H2,1-2H3,(H2,17,18,19). The van der Waals surface area contributed by atoms with Crippen molar-refractivity contribution in [1.29, 1.82) is 0 Å². The summed E-state index contributed by atoms with van der Waals surface area (Å²) in [4.78, 5) is 11.9. The lowest BCUT2D eigenvalue weighted by Crippen LogP contribution is -2.38. The number of carbonyl (C=O) groups is 1. The molecule has 1 aromatic carbocycles. The van der Waals surface area contributed by atoms with Crippen LogP contribution in [-0.2, 0) is 4.74 Å². The number of hydrogen-bond donors (Lipinski definition) is 2. The molecule has 1 aliphatic carbocycles. The maximum atomic E-state index is 11.9. The van der Waals surface area contributed by atoms with Gasteiger partial charge in [0.2, 0.25) is 0 Å². The van der Waals surface area contributed by atoms with Crippen molar-refractivity contribution in [2.45, 2.75) is 44.4 Å². The molecule has 1 saturated carbocycles. The number of fused-ring (bicyclic) bond motifs is 1. The minimum atomic E-state index is -0.476. The molecule has 0 saturated heterocycles. The van der Waals surface area contributed by atoms with E-state index in [-0.39, 0.29) is 12.1 Å². The molecule has 1 aromatic rings. The van der Waals surface area contributed by atoms with Crippen LogP contribution < -0.4 is 20.1 Å². The monoisotopic (exact) mass is 306 g/mol. The van der Waals surface area contributed by atoms with Crippen LogP contribution in [0, 0.1) is 0 Å². The number of carbonyl (C=O) groups excluding carboxylic acids is 1. The van der Waals surface area contributed by atoms with Crippen LogP contribution >= 0.6 is 0 Å². The van der Waals surface area contributed by atoms with E-state index >= 15 is 0 Å². The highest BCUT2D eigenvalue weighted by molar-refractivity contribution is 5.89. The predicted molar refractivity (Wildman–Crippen MR) is 82.4 cm³/mol. The summed E-state index contributed by atoms with van der Waals surface area (Å²) in [5.74, 6) is 0.973. The molecule has 1 unspecified atom stereocenters. The third-order valence-corrected chi connectivity index (χ3v) is 3.95. The number of urea groups is 1. The molecule has 3 rings (SSSR count). The fraction of sp³-hybridized carbons (Fsp3) is 0.562. The topological polar surface area (TPSA) is 68.8 Å². The molecule has 1 aliphatic heterocycles. The zero-order valence-corrected chi connectivity index (χ0v) is 13.0. The smallest absolute Gasteiger partial charge is 0.319 e. The van der Waals surface area contributed by atoms with Crippen LogP contribution in [0.3, 0.4) is 0 Å². The van der Waals surface area contributed by atoms with Crippen LogP contribution in [0.2, 0.25) is 0 Å². The van der Waals surface area contributed by atoms with Gasteiger partial charge in [-0.1, -0.05) is 0 Å². The third-order valence-electron chi connectivity index (χ3n) is 3.95. The van der Waals surface area contributed by atoms with Gasteiger partial charge in [-0.2, -0.15) is 0 Å². The second kappa shape index (κ2) is 6.04. The lowest BCUT2D eigenvalue weighted by Gasteiger charge is -2.21. The molecule has 0 radical (unpaired) electrons. The van der Waals surface area contributed by atoms with Crippen molar-refractivity contribution >= 4 is 11.7 Å². The van der Waals surface area contributed by atoms with E-state index in [0.29, 0.717) is 18.0 Å². The van der Waals surface area contributed by atoms with Gasteiger partial charge in [-0.05, 0) is 31.9 Å². The number of nitrogens with one attached hydrogen (secondary N) is 2. The summed E-state index contributed by atoms with van der Waals surface area (Å²) in [6.45, 7) is 2.35. The summed E-state index contributed by atoms with van der Waals surface area (Å²) >= 11 is 0. The van der Waals surface area contributed by atoms with E-state index in [9.17, 15) is 4.79 Å². The maximum absolute atomic E-state index is 11.9. The first-order chi connectivity index (χ1) is 10.6. The molecule has 120 valence electrons. The largest absolute Gasteiger partial charge is 0.448 e. The number of methoxy groups -OCH3 is 1. The van der Waals surface area contributed by atoms with Crippen molar-refractivity contribution in [2.24, 2.45) is 0 Å². The van der Waals surface area contributed by atoms with Gasteiger partial charge in [0.05, 0.1) is 12.6 Å². The van der Waals surface area contributed by atoms with Crippen molar-refractivity contribution in [2.75, 3.05) is 19.0 Å². The number of rotatable bonds is 4. The molecule has 1 spiro atoms. The van der Waals surface area contributed by atoms with E-state index in [1.807, 2.05) is 25.1 Å². The van der Waals surface area contributed by atoms with Gasteiger partial charge < -0.3 is 24.8 Å². The van der Waals surface area contributed by atoms with E-state index in [0.717, 1.165) is 31.4 Å². The average molecular weight is 306 g/mol. The average Bonchev–Trinajstić information content (AvgIpc) is 3.05. The number of amides is 2. The molecule has 22 heavy (non-hydrogen) atoms. The molecule has 6 heteroatoms. The van der Waals surface area contributed by atoms with Crippen molar-refractivity contribution in [1.82, 2.24) is 5.32 Å². The summed E-state index contributed by atoms with van der Waals surface area (Å²) in [6.07, 6.45) is 4.08. The number of hydrogen-bond acceptors (Lipinski definition) is 4. The molecule has 2 N–H and O–H groups in total. The summed E-state index contributed by atoms with van der Waals surface area (Å²) < 4.78 is 16.9. The Balaban J connectivity index is 1.62. The van der Waals surface area contributed by atoms with Gasteiger partial charge in [-0.25, -0.2) is 4.79 Å². The first kappa shape index (κ1) is 15.0. The Morgan fingerprint density at radius 3 is 2.77 bits per heavy atom. The predicted octanol–water partition coefficient (Wildman–Crippen LogP) is 2.88. The van der Waals surface area contributed by atoms with Gasteiger partial charge >= 0.3 is 6.03 Å². The molecular formula is C16H22N2O4. The van der Waals surface area contributed by atoms with Crippen molar-refractivity contribution in [3.05, 3.63) is 18.2 Å². The summed E-state index contributed by atoms with van der Waals surface area (Å²) in [6, 6.07) is 5.15. The Morgan fingerprint density at radius 2 is 2.05 bits per heavy atom. The van der Waals surface area contributed by atoms with Crippen molar-refractivity contribution in [3.63, 3.8) is 0 Å². The molecule has 1 fully saturated rings. The zero-order chi connectivity index (χ0) is 15.6. The third kappa shape index (κ3) is 3.11. The van der Waals surface area contributed by atoms with E-state index in [2.05, 4.69) is 10.6 Å². The lowest BCUT2D eigenvalue weighted by atomic mass is 10.2. The van der Waals surface area contributed by atoms with Gasteiger partial charge in [0.25, 0.3) is 5.79 Å². The van der Waals surface area contributed by atoms with Crippen LogP contribution in [0.5, 0.6) is 11.5 Å². The molecule has 2 aliphatic rings. The molecular weight excluding hydrogens is 284 g/mol. The molecule has 1 heterocycles. The second-order valence-electron chi connectivity index (χ2n) is 5.94. The molecule has 0 aromatic heterocycles. The number of benzene rings is 1. The SMILES string of the molecule is COCC(C)NC(=O)Nc1ccc2c(c1)OC1(CCCC1)O2. The molecule has 1 atom stereocenters. The Morgan fingerprint density at radius 1 is 1.32 bits per heavy atom. The van der Waals surface area contributed by atoms with E-state index in [4.69, 9.17) is 14.2 Å². The zero-order valence-electron chi connectivity index (χ0n) is 13.0. The highest BCUT2D eigenvalue weighted by Gasteiger charge is 2.44. The van der Waals surface area contributed by atoms with Gasteiger partial charge in [0.15, 0.2) is 11.5 Å². The van der Waals surface area contributed by atoms with Crippen molar-refractivity contribution in [3.8, 4) is 11.5 Å². The summed E-state index contributed by atoms with van der Waals surface area (Å²) in [5.41, 5.74) is 0.680. The minimum absolute atomic E-state index is 0.0548. The highest BCUT2D eigenvalue weighted by atomic mass is 16.7. The minimum Gasteiger partial charge on any atom is -0.448 e. The van der Waals surface area contributed by atoms with Gasteiger partial charge in [-0.3, -0.25) is 0 Å². The molecule has 2 amide bonds. The fourth-order valence-corrected chi connectivity index (χ4v) is 2.97. The maximum Gasteiger partial charge on any atom is 0.319 e. The number of ether oxygens (including phenoxy) is 3. The normalized spacial score (nSPS) is 19.2. The lowest BCUT2D eigenvalue weighted by molar-refractivity contribution is -0.0716.